The molecule has 0 radical (unpaired) electrons. The Morgan fingerprint density at radius 2 is 1.93 bits per heavy atom. The van der Waals surface area contributed by atoms with E-state index in [4.69, 9.17) is 4.74 Å². The van der Waals surface area contributed by atoms with Crippen molar-refractivity contribution in [3.63, 3.8) is 0 Å². The Kier molecular flexibility index (Phi) is 6.35. The molecule has 0 bridgehead atoms. The van der Waals surface area contributed by atoms with E-state index in [0.29, 0.717) is 22.0 Å². The monoisotopic (exact) mass is 412 g/mol. The smallest absolute Gasteiger partial charge is 0.269 e. The van der Waals surface area contributed by atoms with Crippen LogP contribution in [0.3, 0.4) is 0 Å². The topological polar surface area (TPSA) is 123 Å². The molecule has 0 aliphatic carbocycles. The van der Waals surface area contributed by atoms with Gasteiger partial charge in [-0.25, -0.2) is 0 Å². The van der Waals surface area contributed by atoms with Crippen LogP contribution in [-0.4, -0.2) is 40.4 Å². The number of nitrogens with zero attached hydrogens (tertiary/aromatic N) is 3. The fraction of sp³-hybridized carbons (Fsp3) is 0.158. The van der Waals surface area contributed by atoms with Gasteiger partial charge in [0.05, 0.1) is 23.5 Å². The highest BCUT2D eigenvalue weighted by Gasteiger charge is 2.32. The number of Topliss-reactive ketones (excluding diaryl/α,β-unsaturated/α-hetero) is 1. The highest BCUT2D eigenvalue weighted by atomic mass is 32.2. The summed E-state index contributed by atoms with van der Waals surface area (Å²) in [6, 6.07) is 12.5. The van der Waals surface area contributed by atoms with E-state index in [1.807, 2.05) is 0 Å². The number of amidine groups is 1. The highest BCUT2D eigenvalue weighted by Crippen LogP contribution is 2.24. The molecule has 9 nitrogen and oxygen atoms in total. The van der Waals surface area contributed by atoms with Gasteiger partial charge in [0.15, 0.2) is 11.0 Å². The molecule has 1 aliphatic heterocycles. The molecule has 2 aromatic rings. The van der Waals surface area contributed by atoms with E-state index >= 15 is 0 Å². The zero-order chi connectivity index (χ0) is 20.8. The first-order valence-electron chi connectivity index (χ1n) is 8.46. The zero-order valence-electron chi connectivity index (χ0n) is 15.3. The first kappa shape index (κ1) is 20.2. The quantitative estimate of drug-likeness (QED) is 0.323. The van der Waals surface area contributed by atoms with Gasteiger partial charge in [0, 0.05) is 24.1 Å². The van der Waals surface area contributed by atoms with Crippen molar-refractivity contribution >= 4 is 40.5 Å². The van der Waals surface area contributed by atoms with Gasteiger partial charge >= 0.3 is 0 Å². The van der Waals surface area contributed by atoms with Crippen molar-refractivity contribution < 1.29 is 19.2 Å². The van der Waals surface area contributed by atoms with Gasteiger partial charge in [-0.05, 0) is 42.0 Å². The van der Waals surface area contributed by atoms with Crippen molar-refractivity contribution in [2.24, 2.45) is 10.2 Å². The Morgan fingerprint density at radius 1 is 1.24 bits per heavy atom. The number of thioether (sulfide) groups is 1. The number of carbonyl (C=O) groups is 2. The van der Waals surface area contributed by atoms with Crippen molar-refractivity contribution in [1.82, 2.24) is 5.32 Å². The van der Waals surface area contributed by atoms with Crippen LogP contribution in [-0.2, 0) is 4.79 Å². The normalized spacial score (nSPS) is 17.5. The van der Waals surface area contributed by atoms with Crippen LogP contribution in [0.4, 0.5) is 5.69 Å². The number of carbonyl (C=O) groups excluding carboxylic acids is 2. The number of rotatable bonds is 7. The second kappa shape index (κ2) is 9.11. The Bertz CT molecular complexity index is 987. The summed E-state index contributed by atoms with van der Waals surface area (Å²) < 4.78 is 5.06. The Balaban J connectivity index is 1.58. The second-order valence-electron chi connectivity index (χ2n) is 5.95. The predicted molar refractivity (Wildman–Crippen MR) is 110 cm³/mol. The molecule has 0 aromatic heterocycles. The van der Waals surface area contributed by atoms with Crippen LogP contribution in [0.15, 0.2) is 58.7 Å². The lowest BCUT2D eigenvalue weighted by atomic mass is 10.1. The minimum atomic E-state index is -0.585. The molecule has 0 saturated carbocycles. The number of methoxy groups -OCH3 is 1. The van der Waals surface area contributed by atoms with E-state index in [0.717, 1.165) is 11.8 Å². The van der Waals surface area contributed by atoms with E-state index < -0.39 is 10.2 Å². The average Bonchev–Trinajstić information content (AvgIpc) is 3.07. The maximum absolute atomic E-state index is 12.4. The number of non-ortho nitro benzene ring substituents is 1. The highest BCUT2D eigenvalue weighted by molar-refractivity contribution is 8.15. The molecule has 3 rings (SSSR count). The van der Waals surface area contributed by atoms with Crippen LogP contribution in [0.1, 0.15) is 22.3 Å². The lowest BCUT2D eigenvalue weighted by molar-refractivity contribution is -0.384. The number of hydrogen-bond donors (Lipinski definition) is 1. The average molecular weight is 412 g/mol. The summed E-state index contributed by atoms with van der Waals surface area (Å²) in [6.07, 6.45) is 1.45. The Hall–Kier alpha value is -3.53. The van der Waals surface area contributed by atoms with Crippen molar-refractivity contribution in [2.75, 3.05) is 7.11 Å². The van der Waals surface area contributed by atoms with Gasteiger partial charge in [0.25, 0.3) is 5.69 Å². The number of nitrogens with one attached hydrogen (secondary N) is 1. The first-order valence-corrected chi connectivity index (χ1v) is 9.34. The van der Waals surface area contributed by atoms with Crippen molar-refractivity contribution in [2.45, 2.75) is 11.7 Å². The van der Waals surface area contributed by atoms with Gasteiger partial charge in [-0.3, -0.25) is 19.7 Å². The molecule has 1 unspecified atom stereocenters. The molecular weight excluding hydrogens is 396 g/mol. The Morgan fingerprint density at radius 3 is 2.55 bits per heavy atom. The molecule has 1 N–H and O–H groups in total. The summed E-state index contributed by atoms with van der Waals surface area (Å²) in [7, 11) is 1.54. The third-order valence-electron chi connectivity index (χ3n) is 4.02. The minimum absolute atomic E-state index is 0.0172. The van der Waals surface area contributed by atoms with Crippen molar-refractivity contribution in [3.8, 4) is 5.75 Å². The summed E-state index contributed by atoms with van der Waals surface area (Å²) in [4.78, 5) is 34.6. The number of hydrogen-bond acceptors (Lipinski definition) is 8. The summed E-state index contributed by atoms with van der Waals surface area (Å²) in [5.41, 5.74) is 1.11. The van der Waals surface area contributed by atoms with Gasteiger partial charge in [0.2, 0.25) is 5.91 Å². The van der Waals surface area contributed by atoms with Gasteiger partial charge in [-0.15, -0.1) is 5.10 Å². The van der Waals surface area contributed by atoms with Gasteiger partial charge < -0.3 is 10.1 Å². The van der Waals surface area contributed by atoms with E-state index in [1.165, 1.54) is 18.3 Å². The number of ether oxygens (including phenoxy) is 1. The van der Waals surface area contributed by atoms with E-state index in [9.17, 15) is 19.7 Å². The maximum atomic E-state index is 12.4. The summed E-state index contributed by atoms with van der Waals surface area (Å²) >= 11 is 1.13. The third-order valence-corrected chi connectivity index (χ3v) is 5.09. The second-order valence-corrected chi connectivity index (χ2v) is 7.14. The molecule has 2 aromatic carbocycles. The molecule has 1 saturated heterocycles. The predicted octanol–water partition coefficient (Wildman–Crippen LogP) is 2.80. The fourth-order valence-electron chi connectivity index (χ4n) is 2.48. The summed E-state index contributed by atoms with van der Waals surface area (Å²) in [6.45, 7) is 0. The van der Waals surface area contributed by atoms with Crippen molar-refractivity contribution in [3.05, 3.63) is 69.8 Å². The Labute approximate surface area is 170 Å². The van der Waals surface area contributed by atoms with E-state index in [2.05, 4.69) is 15.5 Å². The lowest BCUT2D eigenvalue weighted by Crippen LogP contribution is -2.26. The SMILES string of the molecule is COc1ccc(C(=O)CC2S/C(=N\N=C\c3ccc([N+](=O)[O-])cc3)NC2=O)cc1. The molecule has 1 heterocycles. The van der Waals surface area contributed by atoms with Gasteiger partial charge in [0.1, 0.15) is 5.75 Å². The first-order chi connectivity index (χ1) is 14.0. The molecule has 1 fully saturated rings. The molecule has 29 heavy (non-hydrogen) atoms. The maximum Gasteiger partial charge on any atom is 0.269 e. The summed E-state index contributed by atoms with van der Waals surface area (Å²) in [5.74, 6) is 0.187. The van der Waals surface area contributed by atoms with Crippen LogP contribution < -0.4 is 10.1 Å². The molecule has 1 aliphatic rings. The molecule has 0 spiro atoms. The number of ketones is 1. The minimum Gasteiger partial charge on any atom is -0.497 e. The third kappa shape index (κ3) is 5.26. The van der Waals surface area contributed by atoms with Crippen LogP contribution in [0.5, 0.6) is 5.75 Å². The standard InChI is InChI=1S/C19H16N4O5S/c1-28-15-8-4-13(5-9-15)16(24)10-17-18(25)21-19(29-17)22-20-11-12-2-6-14(7-3-12)23(26)27/h2-9,11,17H,10H2,1H3,(H,21,22,25)/b20-11+. The number of nitro benzene ring substituents is 1. The number of nitro groups is 1. The number of amides is 1. The van der Waals surface area contributed by atoms with Crippen LogP contribution in [0.2, 0.25) is 0 Å². The molecule has 10 heteroatoms. The fourth-order valence-corrected chi connectivity index (χ4v) is 3.40. The largest absolute Gasteiger partial charge is 0.497 e. The van der Waals surface area contributed by atoms with Gasteiger partial charge in [-0.1, -0.05) is 11.8 Å². The molecular formula is C19H16N4O5S. The lowest BCUT2D eigenvalue weighted by Gasteiger charge is -2.05. The van der Waals surface area contributed by atoms with E-state index in [1.54, 1.807) is 43.5 Å². The number of benzene rings is 2. The van der Waals surface area contributed by atoms with Crippen molar-refractivity contribution in [1.29, 1.82) is 0 Å². The van der Waals surface area contributed by atoms with Crippen LogP contribution in [0, 0.1) is 10.1 Å². The van der Waals surface area contributed by atoms with Crippen LogP contribution in [0.25, 0.3) is 0 Å². The van der Waals surface area contributed by atoms with Crippen LogP contribution >= 0.6 is 11.8 Å². The van der Waals surface area contributed by atoms with E-state index in [-0.39, 0.29) is 23.8 Å². The molecule has 1 amide bonds. The van der Waals surface area contributed by atoms with Gasteiger partial charge in [-0.2, -0.15) is 5.10 Å². The molecule has 148 valence electrons. The zero-order valence-corrected chi connectivity index (χ0v) is 16.1. The summed E-state index contributed by atoms with van der Waals surface area (Å²) in [5, 5.41) is 20.7. The molecule has 1 atom stereocenters.